The SMILES string of the molecule is CN1CCN(C(=O)N(C)CCOc2ccc(-c3nccc(Nc4ccc(N5CCN(C6COC6)CC5)cc4)n3)cc2C#N)CC1. The first-order valence-electron chi connectivity index (χ1n) is 15.6. The number of ether oxygens (including phenoxy) is 2. The van der Waals surface area contributed by atoms with Gasteiger partial charge in [-0.2, -0.15) is 5.26 Å². The Morgan fingerprint density at radius 2 is 1.80 bits per heavy atom. The lowest BCUT2D eigenvalue weighted by Crippen LogP contribution is -2.56. The van der Waals surface area contributed by atoms with E-state index in [1.807, 2.05) is 17.0 Å². The summed E-state index contributed by atoms with van der Waals surface area (Å²) >= 11 is 0. The van der Waals surface area contributed by atoms with Crippen molar-refractivity contribution in [2.75, 3.05) is 103 Å². The summed E-state index contributed by atoms with van der Waals surface area (Å²) in [5, 5.41) is 13.2. The van der Waals surface area contributed by atoms with E-state index >= 15 is 0 Å². The van der Waals surface area contributed by atoms with Gasteiger partial charge in [-0.25, -0.2) is 14.8 Å². The zero-order valence-electron chi connectivity index (χ0n) is 26.1. The Morgan fingerprint density at radius 1 is 1.04 bits per heavy atom. The van der Waals surface area contributed by atoms with Gasteiger partial charge in [0.1, 0.15) is 24.2 Å². The summed E-state index contributed by atoms with van der Waals surface area (Å²) in [7, 11) is 3.84. The average molecular weight is 612 g/mol. The number of aromatic nitrogens is 2. The van der Waals surface area contributed by atoms with Gasteiger partial charge in [-0.15, -0.1) is 0 Å². The molecule has 12 nitrogen and oxygen atoms in total. The highest BCUT2D eigenvalue weighted by molar-refractivity contribution is 5.74. The van der Waals surface area contributed by atoms with Crippen LogP contribution in [0.3, 0.4) is 0 Å². The second-order valence-electron chi connectivity index (χ2n) is 11.8. The lowest BCUT2D eigenvalue weighted by atomic mass is 10.1. The third-order valence-corrected chi connectivity index (χ3v) is 8.75. The van der Waals surface area contributed by atoms with E-state index in [1.165, 1.54) is 5.69 Å². The lowest BCUT2D eigenvalue weighted by Gasteiger charge is -2.43. The summed E-state index contributed by atoms with van der Waals surface area (Å²) in [6.07, 6.45) is 1.70. The van der Waals surface area contributed by atoms with Crippen LogP contribution < -0.4 is 15.0 Å². The molecule has 3 fully saturated rings. The number of amides is 2. The molecule has 0 unspecified atom stereocenters. The van der Waals surface area contributed by atoms with Crippen molar-refractivity contribution in [1.29, 1.82) is 5.26 Å². The van der Waals surface area contributed by atoms with E-state index < -0.39 is 0 Å². The quantitative estimate of drug-likeness (QED) is 0.388. The van der Waals surface area contributed by atoms with Gasteiger partial charge in [0.05, 0.1) is 31.4 Å². The fraction of sp³-hybridized carbons (Fsp3) is 0.455. The predicted octanol–water partition coefficient (Wildman–Crippen LogP) is 2.96. The number of anilines is 3. The van der Waals surface area contributed by atoms with E-state index in [-0.39, 0.29) is 12.6 Å². The van der Waals surface area contributed by atoms with Crippen LogP contribution in [0.2, 0.25) is 0 Å². The van der Waals surface area contributed by atoms with Crippen molar-refractivity contribution in [1.82, 2.24) is 29.6 Å². The maximum Gasteiger partial charge on any atom is 0.319 e. The number of nitriles is 1. The third-order valence-electron chi connectivity index (χ3n) is 8.75. The fourth-order valence-electron chi connectivity index (χ4n) is 5.76. The van der Waals surface area contributed by atoms with Crippen LogP contribution >= 0.6 is 0 Å². The molecule has 4 heterocycles. The molecule has 45 heavy (non-hydrogen) atoms. The van der Waals surface area contributed by atoms with E-state index in [4.69, 9.17) is 14.5 Å². The number of nitrogens with zero attached hydrogens (tertiary/aromatic N) is 8. The summed E-state index contributed by atoms with van der Waals surface area (Å²) in [5.74, 6) is 1.64. The Hall–Kier alpha value is -4.44. The zero-order chi connectivity index (χ0) is 31.2. The van der Waals surface area contributed by atoms with E-state index in [0.29, 0.717) is 41.1 Å². The number of hydrogen-bond acceptors (Lipinski definition) is 10. The molecule has 236 valence electrons. The molecule has 3 aliphatic rings. The molecule has 0 atom stereocenters. The molecule has 3 aromatic rings. The van der Waals surface area contributed by atoms with Crippen molar-refractivity contribution >= 4 is 23.2 Å². The fourth-order valence-corrected chi connectivity index (χ4v) is 5.76. The second kappa shape index (κ2) is 14.1. The van der Waals surface area contributed by atoms with Crippen LogP contribution in [0.5, 0.6) is 5.75 Å². The zero-order valence-corrected chi connectivity index (χ0v) is 26.1. The van der Waals surface area contributed by atoms with Crippen LogP contribution in [-0.4, -0.2) is 134 Å². The summed E-state index contributed by atoms with van der Waals surface area (Å²) < 4.78 is 11.3. The first kappa shape index (κ1) is 30.6. The van der Waals surface area contributed by atoms with Gasteiger partial charge >= 0.3 is 6.03 Å². The highest BCUT2D eigenvalue weighted by atomic mass is 16.5. The van der Waals surface area contributed by atoms with Gasteiger partial charge in [0.15, 0.2) is 5.82 Å². The molecule has 0 bridgehead atoms. The summed E-state index contributed by atoms with van der Waals surface area (Å²) in [4.78, 5) is 32.6. The molecule has 3 saturated heterocycles. The van der Waals surface area contributed by atoms with Crippen LogP contribution in [-0.2, 0) is 4.74 Å². The standard InChI is InChI=1S/C33H41N9O3/c1-38-11-13-42(14-12-38)33(43)39(2)19-20-45-30-8-3-25(21-26(30)22-34)32-35-10-9-31(37-32)36-27-4-6-28(7-5-27)40-15-17-41(18-16-40)29-23-44-24-29/h3-10,21,29H,11-20,23-24H2,1-2H3,(H,35,36,37). The smallest absolute Gasteiger partial charge is 0.319 e. The van der Waals surface area contributed by atoms with Crippen molar-refractivity contribution in [2.24, 2.45) is 0 Å². The van der Waals surface area contributed by atoms with Crippen molar-refractivity contribution in [3.63, 3.8) is 0 Å². The highest BCUT2D eigenvalue weighted by Crippen LogP contribution is 2.27. The number of piperazine rings is 2. The molecule has 0 aliphatic carbocycles. The summed E-state index contributed by atoms with van der Waals surface area (Å²) in [6, 6.07) is 18.4. The number of hydrogen-bond donors (Lipinski definition) is 1. The Bertz CT molecular complexity index is 1490. The second-order valence-corrected chi connectivity index (χ2v) is 11.8. The van der Waals surface area contributed by atoms with Gasteiger partial charge in [0.25, 0.3) is 0 Å². The Kier molecular flexibility index (Phi) is 9.59. The van der Waals surface area contributed by atoms with Gasteiger partial charge in [-0.3, -0.25) is 4.90 Å². The maximum absolute atomic E-state index is 12.7. The number of nitrogens with one attached hydrogen (secondary N) is 1. The number of urea groups is 1. The molecule has 0 spiro atoms. The lowest BCUT2D eigenvalue weighted by molar-refractivity contribution is -0.0660. The van der Waals surface area contributed by atoms with Crippen LogP contribution in [0.4, 0.5) is 22.0 Å². The van der Waals surface area contributed by atoms with Crippen LogP contribution in [0.1, 0.15) is 5.56 Å². The number of carbonyl (C=O) groups excluding carboxylic acids is 1. The molecule has 2 amide bonds. The maximum atomic E-state index is 12.7. The molecule has 1 aromatic heterocycles. The average Bonchev–Trinajstić information content (AvgIpc) is 3.05. The summed E-state index contributed by atoms with van der Waals surface area (Å²) in [6.45, 7) is 9.78. The van der Waals surface area contributed by atoms with E-state index in [1.54, 1.807) is 30.3 Å². The Balaban J connectivity index is 1.02. The number of carbonyl (C=O) groups is 1. The molecular formula is C33H41N9O3. The number of benzene rings is 2. The van der Waals surface area contributed by atoms with Crippen molar-refractivity contribution in [3.05, 3.63) is 60.3 Å². The van der Waals surface area contributed by atoms with Crippen LogP contribution in [0, 0.1) is 11.3 Å². The van der Waals surface area contributed by atoms with Gasteiger partial charge in [-0.1, -0.05) is 0 Å². The van der Waals surface area contributed by atoms with Gasteiger partial charge in [0, 0.05) is 82.5 Å². The minimum absolute atomic E-state index is 0.00194. The molecular weight excluding hydrogens is 570 g/mol. The molecule has 12 heteroatoms. The predicted molar refractivity (Wildman–Crippen MR) is 173 cm³/mol. The molecule has 0 radical (unpaired) electrons. The van der Waals surface area contributed by atoms with Crippen molar-refractivity contribution in [3.8, 4) is 23.2 Å². The first-order valence-corrected chi connectivity index (χ1v) is 15.6. The van der Waals surface area contributed by atoms with Crippen molar-refractivity contribution < 1.29 is 14.3 Å². The normalized spacial score (nSPS) is 17.8. The molecule has 6 rings (SSSR count). The monoisotopic (exact) mass is 611 g/mol. The van der Waals surface area contributed by atoms with Gasteiger partial charge in [0.2, 0.25) is 0 Å². The van der Waals surface area contributed by atoms with Crippen LogP contribution in [0.15, 0.2) is 54.7 Å². The van der Waals surface area contributed by atoms with E-state index in [9.17, 15) is 10.1 Å². The Morgan fingerprint density at radius 3 is 2.49 bits per heavy atom. The molecule has 1 N–H and O–H groups in total. The number of rotatable bonds is 9. The first-order chi connectivity index (χ1) is 22.0. The van der Waals surface area contributed by atoms with Gasteiger partial charge in [-0.05, 0) is 55.6 Å². The minimum Gasteiger partial charge on any atom is -0.490 e. The van der Waals surface area contributed by atoms with E-state index in [0.717, 1.165) is 71.3 Å². The topological polar surface area (TPSA) is 113 Å². The molecule has 0 saturated carbocycles. The highest BCUT2D eigenvalue weighted by Gasteiger charge is 2.29. The molecule has 2 aromatic carbocycles. The largest absolute Gasteiger partial charge is 0.490 e. The van der Waals surface area contributed by atoms with Crippen LogP contribution in [0.25, 0.3) is 11.4 Å². The molecule has 3 aliphatic heterocycles. The minimum atomic E-state index is -0.00194. The summed E-state index contributed by atoms with van der Waals surface area (Å²) in [5.41, 5.74) is 3.26. The third kappa shape index (κ3) is 7.45. The Labute approximate surface area is 264 Å². The van der Waals surface area contributed by atoms with Gasteiger partial charge < -0.3 is 34.4 Å². The van der Waals surface area contributed by atoms with E-state index in [2.05, 4.69) is 62.4 Å². The van der Waals surface area contributed by atoms with Crippen molar-refractivity contribution in [2.45, 2.75) is 6.04 Å². The number of likely N-dealkylation sites (N-methyl/N-ethyl adjacent to an activating group) is 2.